The molecule has 0 fully saturated rings. The third kappa shape index (κ3) is 4.86. The van der Waals surface area contributed by atoms with Gasteiger partial charge in [0.15, 0.2) is 0 Å². The van der Waals surface area contributed by atoms with E-state index in [1.807, 2.05) is 6.07 Å². The van der Waals surface area contributed by atoms with Gasteiger partial charge < -0.3 is 4.55 Å². The van der Waals surface area contributed by atoms with Gasteiger partial charge in [-0.25, -0.2) is 8.42 Å². The number of hydrogen-bond acceptors (Lipinski definition) is 3. The van der Waals surface area contributed by atoms with Crippen LogP contribution in [0.3, 0.4) is 0 Å². The second-order valence-electron chi connectivity index (χ2n) is 5.09. The van der Waals surface area contributed by atoms with Gasteiger partial charge in [-0.1, -0.05) is 44.9 Å². The predicted molar refractivity (Wildman–Crippen MR) is 79.9 cm³/mol. The molecule has 0 unspecified atom stereocenters. The van der Waals surface area contributed by atoms with E-state index in [2.05, 4.69) is 19.9 Å². The summed E-state index contributed by atoms with van der Waals surface area (Å²) in [4.78, 5) is -0.152. The Balaban J connectivity index is 0.00000220. The zero-order valence-corrected chi connectivity index (χ0v) is 16.8. The zero-order valence-electron chi connectivity index (χ0n) is 12.8. The Morgan fingerprint density at radius 3 is 2.24 bits per heavy atom. The van der Waals surface area contributed by atoms with E-state index in [0.717, 1.165) is 36.5 Å². The fourth-order valence-electron chi connectivity index (χ4n) is 2.56. The molecule has 0 saturated heterocycles. The van der Waals surface area contributed by atoms with Gasteiger partial charge >= 0.3 is 51.4 Å². The van der Waals surface area contributed by atoms with E-state index in [1.54, 1.807) is 6.07 Å². The predicted octanol–water partition coefficient (Wildman–Crippen LogP) is 0.653. The summed E-state index contributed by atoms with van der Waals surface area (Å²) in [5.74, 6) is 0. The average molecular weight is 330 g/mol. The molecule has 0 aliphatic carbocycles. The topological polar surface area (TPSA) is 57.2 Å². The van der Waals surface area contributed by atoms with Crippen LogP contribution >= 0.6 is 0 Å². The van der Waals surface area contributed by atoms with Gasteiger partial charge in [0.2, 0.25) is 0 Å². The first kappa shape index (κ1) is 19.3. The van der Waals surface area contributed by atoms with E-state index < -0.39 is 10.1 Å². The molecular formula is C16H19KO3S. The van der Waals surface area contributed by atoms with Crippen LogP contribution < -0.4 is 51.4 Å². The minimum absolute atomic E-state index is 0. The summed E-state index contributed by atoms with van der Waals surface area (Å²) in [7, 11) is -4.39. The molecule has 2 rings (SSSR count). The molecule has 0 radical (unpaired) electrons. The van der Waals surface area contributed by atoms with Crippen molar-refractivity contribution < 1.29 is 64.4 Å². The summed E-state index contributed by atoms with van der Waals surface area (Å²) < 4.78 is 33.4. The van der Waals surface area contributed by atoms with Crippen LogP contribution in [0, 0.1) is 0 Å². The van der Waals surface area contributed by atoms with Crippen molar-refractivity contribution in [2.24, 2.45) is 0 Å². The second-order valence-corrected chi connectivity index (χ2v) is 6.47. The maximum atomic E-state index is 11.1. The molecule has 0 N–H and O–H groups in total. The molecule has 0 aromatic heterocycles. The summed E-state index contributed by atoms with van der Waals surface area (Å²) >= 11 is 0. The van der Waals surface area contributed by atoms with Crippen LogP contribution in [0.15, 0.2) is 35.2 Å². The molecule has 5 heteroatoms. The van der Waals surface area contributed by atoms with Crippen LogP contribution in [-0.2, 0) is 23.0 Å². The Labute approximate surface area is 169 Å². The maximum Gasteiger partial charge on any atom is 1.00 e. The molecule has 0 saturated carbocycles. The van der Waals surface area contributed by atoms with Crippen molar-refractivity contribution in [3.05, 3.63) is 41.5 Å². The monoisotopic (exact) mass is 330 g/mol. The van der Waals surface area contributed by atoms with Crippen LogP contribution in [0.5, 0.6) is 0 Å². The van der Waals surface area contributed by atoms with Gasteiger partial charge in [0, 0.05) is 0 Å². The van der Waals surface area contributed by atoms with Crippen molar-refractivity contribution >= 4 is 20.9 Å². The van der Waals surface area contributed by atoms with Gasteiger partial charge in [-0.2, -0.15) is 0 Å². The summed E-state index contributed by atoms with van der Waals surface area (Å²) in [5.41, 5.74) is 2.42. The van der Waals surface area contributed by atoms with E-state index in [4.69, 9.17) is 0 Å². The molecule has 0 heterocycles. The van der Waals surface area contributed by atoms with E-state index in [0.29, 0.717) is 0 Å². The van der Waals surface area contributed by atoms with Gasteiger partial charge in [0.05, 0.1) is 4.90 Å². The molecule has 0 atom stereocenters. The summed E-state index contributed by atoms with van der Waals surface area (Å²) in [6, 6.07) is 8.84. The first-order chi connectivity index (χ1) is 9.45. The second kappa shape index (κ2) is 8.20. The fraction of sp³-hybridized carbons (Fsp3) is 0.375. The molecular weight excluding hydrogens is 311 g/mol. The minimum Gasteiger partial charge on any atom is -0.744 e. The van der Waals surface area contributed by atoms with Crippen LogP contribution in [0.2, 0.25) is 0 Å². The first-order valence-electron chi connectivity index (χ1n) is 6.97. The fourth-order valence-corrected chi connectivity index (χ4v) is 3.07. The first-order valence-corrected chi connectivity index (χ1v) is 8.38. The molecule has 3 nitrogen and oxygen atoms in total. The molecule has 21 heavy (non-hydrogen) atoms. The van der Waals surface area contributed by atoms with Gasteiger partial charge in [-0.15, -0.1) is 0 Å². The van der Waals surface area contributed by atoms with Crippen LogP contribution in [0.25, 0.3) is 10.8 Å². The smallest absolute Gasteiger partial charge is 0.744 e. The summed E-state index contributed by atoms with van der Waals surface area (Å²) in [5, 5.41) is 1.88. The third-order valence-corrected chi connectivity index (χ3v) is 4.25. The van der Waals surface area contributed by atoms with Crippen LogP contribution in [-0.4, -0.2) is 13.0 Å². The number of aryl methyl sites for hydroxylation is 2. The number of hydrogen-bond donors (Lipinski definition) is 0. The van der Waals surface area contributed by atoms with Gasteiger partial charge in [0.1, 0.15) is 10.1 Å². The molecule has 2 aromatic rings. The van der Waals surface area contributed by atoms with E-state index in [9.17, 15) is 13.0 Å². The SMILES string of the molecule is CCCc1cc(CCC)c2ccc(S(=O)(=O)[O-])cc2c1.[K+]. The summed E-state index contributed by atoms with van der Waals surface area (Å²) in [6.07, 6.45) is 3.99. The normalized spacial score (nSPS) is 11.4. The molecule has 0 aliphatic rings. The van der Waals surface area contributed by atoms with Crippen LogP contribution in [0.4, 0.5) is 0 Å². The Morgan fingerprint density at radius 2 is 1.67 bits per heavy atom. The number of benzene rings is 2. The number of fused-ring (bicyclic) bond motifs is 1. The molecule has 2 aromatic carbocycles. The molecule has 0 amide bonds. The van der Waals surface area contributed by atoms with Crippen molar-refractivity contribution in [3.63, 3.8) is 0 Å². The Morgan fingerprint density at radius 1 is 1.00 bits per heavy atom. The van der Waals surface area contributed by atoms with Crippen molar-refractivity contribution in [2.75, 3.05) is 0 Å². The quantitative estimate of drug-likeness (QED) is 0.597. The molecule has 0 spiro atoms. The standard InChI is InChI=1S/C16H20O3S.K/c1-3-5-12-9-13(6-4-2)16-8-7-15(20(17,18)19)11-14(16)10-12;/h7-11H,3-6H2,1-2H3,(H,17,18,19);/q;+1/p-1. The minimum atomic E-state index is -4.39. The molecule has 108 valence electrons. The Kier molecular flexibility index (Phi) is 7.53. The third-order valence-electron chi connectivity index (χ3n) is 3.42. The Hall–Kier alpha value is 0.246. The summed E-state index contributed by atoms with van der Waals surface area (Å²) in [6.45, 7) is 4.23. The van der Waals surface area contributed by atoms with Crippen molar-refractivity contribution in [1.82, 2.24) is 0 Å². The van der Waals surface area contributed by atoms with Crippen molar-refractivity contribution in [3.8, 4) is 0 Å². The maximum absolute atomic E-state index is 11.1. The van der Waals surface area contributed by atoms with E-state index in [1.165, 1.54) is 23.3 Å². The molecule has 0 bridgehead atoms. The van der Waals surface area contributed by atoms with E-state index in [-0.39, 0.29) is 56.3 Å². The van der Waals surface area contributed by atoms with Gasteiger partial charge in [-0.3, -0.25) is 0 Å². The Bertz CT molecular complexity index is 724. The van der Waals surface area contributed by atoms with Crippen molar-refractivity contribution in [2.45, 2.75) is 44.4 Å². The number of rotatable bonds is 5. The van der Waals surface area contributed by atoms with E-state index >= 15 is 0 Å². The van der Waals surface area contributed by atoms with Gasteiger partial charge in [-0.05, 0) is 46.9 Å². The zero-order chi connectivity index (χ0) is 14.8. The van der Waals surface area contributed by atoms with Crippen molar-refractivity contribution in [1.29, 1.82) is 0 Å². The average Bonchev–Trinajstić information content (AvgIpc) is 2.37. The molecule has 0 aliphatic heterocycles. The van der Waals surface area contributed by atoms with Crippen LogP contribution in [0.1, 0.15) is 37.8 Å². The largest absolute Gasteiger partial charge is 1.00 e. The van der Waals surface area contributed by atoms with Gasteiger partial charge in [0.25, 0.3) is 0 Å².